The molecule has 0 radical (unpaired) electrons. The number of carbonyl (C=O) groups is 1. The van der Waals surface area contributed by atoms with Gasteiger partial charge in [-0.15, -0.1) is 0 Å². The SMILES string of the molecule is COc1nc(N2CCOC(CO)C2)cc(-n2ncc3cc(C)c(C4CCN(C(=O)OC(C)(C)C)CC4)cc32)n1. The summed E-state index contributed by atoms with van der Waals surface area (Å²) in [4.78, 5) is 25.6. The first-order valence-electron chi connectivity index (χ1n) is 13.5. The van der Waals surface area contributed by atoms with E-state index in [4.69, 9.17) is 14.2 Å². The van der Waals surface area contributed by atoms with Crippen LogP contribution in [0.2, 0.25) is 0 Å². The van der Waals surface area contributed by atoms with Crippen LogP contribution in [-0.2, 0) is 9.47 Å². The third-order valence-electron chi connectivity index (χ3n) is 7.29. The molecule has 5 rings (SSSR count). The van der Waals surface area contributed by atoms with Crippen LogP contribution in [0, 0.1) is 6.92 Å². The van der Waals surface area contributed by atoms with Crippen molar-refractivity contribution in [3.05, 3.63) is 35.5 Å². The number of hydrogen-bond donors (Lipinski definition) is 1. The fourth-order valence-electron chi connectivity index (χ4n) is 5.33. The van der Waals surface area contributed by atoms with Crippen LogP contribution in [0.5, 0.6) is 6.01 Å². The minimum absolute atomic E-state index is 0.0474. The summed E-state index contributed by atoms with van der Waals surface area (Å²) in [5.41, 5.74) is 2.92. The van der Waals surface area contributed by atoms with Gasteiger partial charge in [0.25, 0.3) is 0 Å². The van der Waals surface area contributed by atoms with E-state index in [0.717, 1.165) is 23.7 Å². The number of methoxy groups -OCH3 is 1. The lowest BCUT2D eigenvalue weighted by atomic mass is 9.86. The van der Waals surface area contributed by atoms with Crippen molar-refractivity contribution in [3.63, 3.8) is 0 Å². The van der Waals surface area contributed by atoms with Crippen LogP contribution in [0.4, 0.5) is 10.6 Å². The molecular formula is C28H38N6O5. The van der Waals surface area contributed by atoms with Crippen LogP contribution in [0.3, 0.4) is 0 Å². The first-order chi connectivity index (χ1) is 18.6. The Morgan fingerprint density at radius 3 is 2.56 bits per heavy atom. The molecule has 1 aromatic carbocycles. The smallest absolute Gasteiger partial charge is 0.410 e. The van der Waals surface area contributed by atoms with E-state index in [1.165, 1.54) is 11.1 Å². The number of rotatable bonds is 5. The second kappa shape index (κ2) is 11.0. The summed E-state index contributed by atoms with van der Waals surface area (Å²) < 4.78 is 18.4. The number of piperidine rings is 1. The second-order valence-corrected chi connectivity index (χ2v) is 11.3. The van der Waals surface area contributed by atoms with Crippen LogP contribution in [0.25, 0.3) is 16.7 Å². The van der Waals surface area contributed by atoms with E-state index >= 15 is 0 Å². The fourth-order valence-corrected chi connectivity index (χ4v) is 5.33. The van der Waals surface area contributed by atoms with Gasteiger partial charge in [-0.05, 0) is 69.7 Å². The van der Waals surface area contributed by atoms with Gasteiger partial charge in [0.05, 0.1) is 38.1 Å². The maximum atomic E-state index is 12.5. The minimum Gasteiger partial charge on any atom is -0.467 e. The Kier molecular flexibility index (Phi) is 7.64. The molecule has 2 saturated heterocycles. The number of aromatic nitrogens is 4. The number of amides is 1. The third-order valence-corrected chi connectivity index (χ3v) is 7.29. The number of aryl methyl sites for hydroxylation is 1. The molecule has 2 aromatic heterocycles. The van der Waals surface area contributed by atoms with Crippen LogP contribution in [0.15, 0.2) is 24.4 Å². The predicted molar refractivity (Wildman–Crippen MR) is 147 cm³/mol. The number of hydrogen-bond acceptors (Lipinski definition) is 9. The lowest BCUT2D eigenvalue weighted by Crippen LogP contribution is -2.44. The van der Waals surface area contributed by atoms with E-state index in [1.54, 1.807) is 7.11 Å². The summed E-state index contributed by atoms with van der Waals surface area (Å²) in [5, 5.41) is 15.3. The number of anilines is 1. The van der Waals surface area contributed by atoms with Crippen molar-refractivity contribution < 1.29 is 24.1 Å². The van der Waals surface area contributed by atoms with Crippen LogP contribution >= 0.6 is 0 Å². The van der Waals surface area contributed by atoms with E-state index in [-0.39, 0.29) is 24.8 Å². The van der Waals surface area contributed by atoms with Crippen molar-refractivity contribution >= 4 is 22.8 Å². The van der Waals surface area contributed by atoms with Crippen molar-refractivity contribution in [2.24, 2.45) is 0 Å². The van der Waals surface area contributed by atoms with E-state index in [9.17, 15) is 9.90 Å². The zero-order valence-electron chi connectivity index (χ0n) is 23.4. The van der Waals surface area contributed by atoms with Gasteiger partial charge in [-0.2, -0.15) is 15.1 Å². The lowest BCUT2D eigenvalue weighted by Gasteiger charge is -2.34. The number of carbonyl (C=O) groups excluding carboxylic acids is 1. The molecule has 0 spiro atoms. The number of benzene rings is 1. The van der Waals surface area contributed by atoms with Gasteiger partial charge in [0.2, 0.25) is 0 Å². The Hall–Kier alpha value is -3.44. The van der Waals surface area contributed by atoms with E-state index < -0.39 is 5.60 Å². The molecule has 11 nitrogen and oxygen atoms in total. The Bertz CT molecular complexity index is 1330. The van der Waals surface area contributed by atoms with Crippen molar-refractivity contribution in [2.75, 3.05) is 51.4 Å². The molecule has 1 amide bonds. The largest absolute Gasteiger partial charge is 0.467 e. The lowest BCUT2D eigenvalue weighted by molar-refractivity contribution is 0.00333. The second-order valence-electron chi connectivity index (χ2n) is 11.3. The fraction of sp³-hybridized carbons (Fsp3) is 0.571. The first-order valence-corrected chi connectivity index (χ1v) is 13.5. The monoisotopic (exact) mass is 538 g/mol. The molecule has 39 heavy (non-hydrogen) atoms. The van der Waals surface area contributed by atoms with E-state index in [2.05, 4.69) is 39.0 Å². The van der Waals surface area contributed by atoms with Crippen LogP contribution in [0.1, 0.15) is 50.7 Å². The Morgan fingerprint density at radius 1 is 1.13 bits per heavy atom. The van der Waals surface area contributed by atoms with Gasteiger partial charge in [-0.3, -0.25) is 0 Å². The third kappa shape index (κ3) is 5.94. The first kappa shape index (κ1) is 27.1. The summed E-state index contributed by atoms with van der Waals surface area (Å²) in [6.45, 7) is 10.8. The van der Waals surface area contributed by atoms with Gasteiger partial charge in [-0.1, -0.05) is 0 Å². The standard InChI is InChI=1S/C28H38N6O5/c1-18-12-20-15-29-34(25-14-24(30-26(31-25)37-5)33-10-11-38-21(16-33)17-35)23(20)13-22(18)19-6-8-32(9-7-19)27(36)39-28(2,3)4/h12-15,19,21,35H,6-11,16-17H2,1-5H3. The summed E-state index contributed by atoms with van der Waals surface area (Å²) in [5.74, 6) is 1.63. The zero-order valence-corrected chi connectivity index (χ0v) is 23.4. The number of nitrogens with zero attached hydrogens (tertiary/aromatic N) is 6. The van der Waals surface area contributed by atoms with E-state index in [0.29, 0.717) is 50.3 Å². The summed E-state index contributed by atoms with van der Waals surface area (Å²) >= 11 is 0. The Morgan fingerprint density at radius 2 is 1.87 bits per heavy atom. The quantitative estimate of drug-likeness (QED) is 0.522. The molecule has 2 aliphatic heterocycles. The highest BCUT2D eigenvalue weighted by Gasteiger charge is 2.29. The van der Waals surface area contributed by atoms with Gasteiger partial charge in [-0.25, -0.2) is 9.48 Å². The highest BCUT2D eigenvalue weighted by Crippen LogP contribution is 2.34. The molecule has 0 saturated carbocycles. The van der Waals surface area contributed by atoms with Gasteiger partial charge in [0, 0.05) is 37.6 Å². The zero-order chi connectivity index (χ0) is 27.7. The molecule has 210 valence electrons. The average molecular weight is 539 g/mol. The number of ether oxygens (including phenoxy) is 3. The van der Waals surface area contributed by atoms with Crippen molar-refractivity contribution in [1.82, 2.24) is 24.6 Å². The molecule has 4 heterocycles. The molecule has 1 unspecified atom stereocenters. The van der Waals surface area contributed by atoms with Gasteiger partial charge in [0.1, 0.15) is 11.4 Å². The summed E-state index contributed by atoms with van der Waals surface area (Å²) in [6, 6.07) is 6.52. The molecule has 2 fully saturated rings. The van der Waals surface area contributed by atoms with Gasteiger partial charge >= 0.3 is 12.1 Å². The average Bonchev–Trinajstić information content (AvgIpc) is 3.34. The molecule has 1 N–H and O–H groups in total. The molecule has 0 aliphatic carbocycles. The Labute approximate surface area is 228 Å². The molecular weight excluding hydrogens is 500 g/mol. The highest BCUT2D eigenvalue weighted by molar-refractivity contribution is 5.82. The number of morpholine rings is 1. The number of aliphatic hydroxyl groups is 1. The minimum atomic E-state index is -0.500. The maximum Gasteiger partial charge on any atom is 0.410 e. The van der Waals surface area contributed by atoms with E-state index in [1.807, 2.05) is 42.6 Å². The van der Waals surface area contributed by atoms with Gasteiger partial charge in [0.15, 0.2) is 5.82 Å². The molecule has 2 aliphatic rings. The van der Waals surface area contributed by atoms with Crippen LogP contribution < -0.4 is 9.64 Å². The number of aliphatic hydroxyl groups excluding tert-OH is 1. The Balaban J connectivity index is 1.42. The summed E-state index contributed by atoms with van der Waals surface area (Å²) in [6.07, 6.45) is 3.08. The van der Waals surface area contributed by atoms with Crippen molar-refractivity contribution in [2.45, 2.75) is 58.2 Å². The highest BCUT2D eigenvalue weighted by atomic mass is 16.6. The van der Waals surface area contributed by atoms with Crippen LogP contribution in [-0.4, -0.2) is 94.1 Å². The van der Waals surface area contributed by atoms with Gasteiger partial charge < -0.3 is 29.1 Å². The molecule has 0 bridgehead atoms. The molecule has 11 heteroatoms. The number of likely N-dealkylation sites (tertiary alicyclic amines) is 1. The van der Waals surface area contributed by atoms with Crippen molar-refractivity contribution in [3.8, 4) is 11.8 Å². The predicted octanol–water partition coefficient (Wildman–Crippen LogP) is 3.44. The van der Waals surface area contributed by atoms with Crippen molar-refractivity contribution in [1.29, 1.82) is 0 Å². The molecule has 3 aromatic rings. The molecule has 1 atom stereocenters. The topological polar surface area (TPSA) is 115 Å². The summed E-state index contributed by atoms with van der Waals surface area (Å²) in [7, 11) is 1.55. The normalized spacial score (nSPS) is 19.0. The maximum absolute atomic E-state index is 12.5. The number of fused-ring (bicyclic) bond motifs is 1.